The largest absolute Gasteiger partial charge is 0.478 e. The van der Waals surface area contributed by atoms with E-state index < -0.39 is 11.9 Å². The van der Waals surface area contributed by atoms with Gasteiger partial charge in [0.2, 0.25) is 0 Å². The van der Waals surface area contributed by atoms with Gasteiger partial charge in [-0.3, -0.25) is 0 Å². The molecule has 188 valence electrons. The molecule has 1 fully saturated rings. The van der Waals surface area contributed by atoms with Crippen LogP contribution in [0.25, 0.3) is 22.3 Å². The maximum atomic E-state index is 12.4. The SMILES string of the molecule is CCCc1cc(C(C)(C)C)c(C2CCCC2)c(-c2ccccc2C(=O)O)c1-c1ccccc1C(=O)O. The minimum atomic E-state index is -0.979. The van der Waals surface area contributed by atoms with E-state index >= 15 is 0 Å². The van der Waals surface area contributed by atoms with Gasteiger partial charge in [0.25, 0.3) is 0 Å². The molecule has 3 aromatic rings. The van der Waals surface area contributed by atoms with Gasteiger partial charge in [-0.25, -0.2) is 9.59 Å². The fraction of sp³-hybridized carbons (Fsp3) is 0.375. The third-order valence-corrected chi connectivity index (χ3v) is 7.39. The first kappa shape index (κ1) is 25.7. The van der Waals surface area contributed by atoms with Gasteiger partial charge in [-0.15, -0.1) is 0 Å². The summed E-state index contributed by atoms with van der Waals surface area (Å²) in [6.07, 6.45) is 6.07. The Labute approximate surface area is 214 Å². The van der Waals surface area contributed by atoms with Gasteiger partial charge in [0.05, 0.1) is 11.1 Å². The van der Waals surface area contributed by atoms with E-state index in [1.807, 2.05) is 24.3 Å². The Morgan fingerprint density at radius 3 is 1.81 bits per heavy atom. The molecule has 1 aliphatic carbocycles. The average Bonchev–Trinajstić information content (AvgIpc) is 3.37. The molecule has 0 amide bonds. The highest BCUT2D eigenvalue weighted by atomic mass is 16.4. The smallest absolute Gasteiger partial charge is 0.336 e. The zero-order chi connectivity index (χ0) is 26.0. The second-order valence-electron chi connectivity index (χ2n) is 10.9. The van der Waals surface area contributed by atoms with Gasteiger partial charge in [-0.05, 0) is 81.7 Å². The molecule has 0 unspecified atom stereocenters. The molecular weight excluding hydrogens is 448 g/mol. The van der Waals surface area contributed by atoms with Gasteiger partial charge in [0.1, 0.15) is 0 Å². The van der Waals surface area contributed by atoms with Crippen LogP contribution in [0.1, 0.15) is 103 Å². The van der Waals surface area contributed by atoms with Crippen molar-refractivity contribution in [3.8, 4) is 22.3 Å². The summed E-state index contributed by atoms with van der Waals surface area (Å²) in [5.41, 5.74) is 6.96. The van der Waals surface area contributed by atoms with Crippen LogP contribution in [-0.4, -0.2) is 22.2 Å². The predicted octanol–water partition coefficient (Wildman–Crippen LogP) is 8.32. The van der Waals surface area contributed by atoms with Crippen LogP contribution in [0.15, 0.2) is 54.6 Å². The van der Waals surface area contributed by atoms with Crippen LogP contribution in [0.2, 0.25) is 0 Å². The van der Waals surface area contributed by atoms with E-state index in [1.54, 1.807) is 24.3 Å². The lowest BCUT2D eigenvalue weighted by atomic mass is 9.71. The Morgan fingerprint density at radius 2 is 1.33 bits per heavy atom. The van der Waals surface area contributed by atoms with Crippen molar-refractivity contribution >= 4 is 11.9 Å². The minimum absolute atomic E-state index is 0.155. The summed E-state index contributed by atoms with van der Waals surface area (Å²) in [5.74, 6) is -1.64. The van der Waals surface area contributed by atoms with Crippen LogP contribution in [0.4, 0.5) is 0 Å². The zero-order valence-corrected chi connectivity index (χ0v) is 21.7. The second kappa shape index (κ2) is 10.3. The van der Waals surface area contributed by atoms with Gasteiger partial charge in [0, 0.05) is 0 Å². The molecule has 4 heteroatoms. The molecular formula is C32H36O4. The summed E-state index contributed by atoms with van der Waals surface area (Å²) >= 11 is 0. The maximum absolute atomic E-state index is 12.4. The first-order valence-electron chi connectivity index (χ1n) is 13.0. The predicted molar refractivity (Wildman–Crippen MR) is 145 cm³/mol. The lowest BCUT2D eigenvalue weighted by molar-refractivity contribution is 0.0686. The highest BCUT2D eigenvalue weighted by molar-refractivity contribution is 6.04. The van der Waals surface area contributed by atoms with Crippen LogP contribution in [-0.2, 0) is 11.8 Å². The third-order valence-electron chi connectivity index (χ3n) is 7.39. The van der Waals surface area contributed by atoms with Gasteiger partial charge >= 0.3 is 11.9 Å². The Kier molecular flexibility index (Phi) is 7.35. The van der Waals surface area contributed by atoms with Crippen molar-refractivity contribution in [2.24, 2.45) is 0 Å². The van der Waals surface area contributed by atoms with Gasteiger partial charge < -0.3 is 10.2 Å². The summed E-state index contributed by atoms with van der Waals surface area (Å²) in [6, 6.07) is 16.6. The third kappa shape index (κ3) is 4.82. The Morgan fingerprint density at radius 1 is 0.833 bits per heavy atom. The van der Waals surface area contributed by atoms with Crippen LogP contribution < -0.4 is 0 Å². The van der Waals surface area contributed by atoms with E-state index in [0.29, 0.717) is 17.0 Å². The second-order valence-corrected chi connectivity index (χ2v) is 10.9. The summed E-state index contributed by atoms with van der Waals surface area (Å²) in [6.45, 7) is 8.77. The van der Waals surface area contributed by atoms with Crippen molar-refractivity contribution in [2.75, 3.05) is 0 Å². The fourth-order valence-corrected chi connectivity index (χ4v) is 5.84. The summed E-state index contributed by atoms with van der Waals surface area (Å²) < 4.78 is 0. The van der Waals surface area contributed by atoms with Crippen molar-refractivity contribution in [3.63, 3.8) is 0 Å². The number of hydrogen-bond acceptors (Lipinski definition) is 2. The van der Waals surface area contributed by atoms with Crippen LogP contribution >= 0.6 is 0 Å². The first-order chi connectivity index (χ1) is 17.1. The number of carboxylic acid groups (broad SMARTS) is 2. The standard InChI is InChI=1S/C32H36O4/c1-5-12-21-19-26(32(2,3)4)28(20-13-6-7-14-20)29(23-16-9-11-18-25(23)31(35)36)27(21)22-15-8-10-17-24(22)30(33)34/h8-11,15-20H,5-7,12-14H2,1-4H3,(H,33,34)(H,35,36). The number of rotatable bonds is 7. The van der Waals surface area contributed by atoms with Crippen molar-refractivity contribution < 1.29 is 19.8 Å². The molecule has 4 nitrogen and oxygen atoms in total. The van der Waals surface area contributed by atoms with Crippen molar-refractivity contribution in [1.82, 2.24) is 0 Å². The Bertz CT molecular complexity index is 1290. The summed E-state index contributed by atoms with van der Waals surface area (Å²) in [5, 5.41) is 20.3. The molecule has 3 aromatic carbocycles. The van der Waals surface area contributed by atoms with E-state index in [0.717, 1.165) is 55.2 Å². The molecule has 1 saturated carbocycles. The number of aromatic carboxylic acids is 2. The number of benzene rings is 3. The molecule has 0 saturated heterocycles. The topological polar surface area (TPSA) is 74.6 Å². The molecule has 0 atom stereocenters. The number of carboxylic acids is 2. The number of hydrogen-bond donors (Lipinski definition) is 2. The van der Waals surface area contributed by atoms with E-state index in [-0.39, 0.29) is 16.5 Å². The molecule has 2 N–H and O–H groups in total. The highest BCUT2D eigenvalue weighted by Crippen LogP contribution is 2.50. The lowest BCUT2D eigenvalue weighted by Crippen LogP contribution is -2.19. The average molecular weight is 485 g/mol. The van der Waals surface area contributed by atoms with Gasteiger partial charge in [0.15, 0.2) is 0 Å². The molecule has 0 aliphatic heterocycles. The van der Waals surface area contributed by atoms with E-state index in [9.17, 15) is 19.8 Å². The highest BCUT2D eigenvalue weighted by Gasteiger charge is 2.33. The van der Waals surface area contributed by atoms with Gasteiger partial charge in [-0.2, -0.15) is 0 Å². The van der Waals surface area contributed by atoms with Crippen molar-refractivity contribution in [1.29, 1.82) is 0 Å². The fourth-order valence-electron chi connectivity index (χ4n) is 5.84. The molecule has 0 spiro atoms. The first-order valence-corrected chi connectivity index (χ1v) is 13.0. The quantitative estimate of drug-likeness (QED) is 0.353. The van der Waals surface area contributed by atoms with Crippen molar-refractivity contribution in [2.45, 2.75) is 77.6 Å². The Hall–Kier alpha value is -3.40. The Balaban J connectivity index is 2.27. The molecule has 36 heavy (non-hydrogen) atoms. The lowest BCUT2D eigenvalue weighted by Gasteiger charge is -2.32. The van der Waals surface area contributed by atoms with Crippen LogP contribution in [0.3, 0.4) is 0 Å². The van der Waals surface area contributed by atoms with Crippen LogP contribution in [0.5, 0.6) is 0 Å². The molecule has 4 rings (SSSR count). The van der Waals surface area contributed by atoms with Gasteiger partial charge in [-0.1, -0.05) is 89.4 Å². The number of carbonyl (C=O) groups is 2. The molecule has 0 radical (unpaired) electrons. The minimum Gasteiger partial charge on any atom is -0.478 e. The maximum Gasteiger partial charge on any atom is 0.336 e. The van der Waals surface area contributed by atoms with Crippen molar-refractivity contribution in [3.05, 3.63) is 82.4 Å². The summed E-state index contributed by atoms with van der Waals surface area (Å²) in [4.78, 5) is 24.8. The van der Waals surface area contributed by atoms with E-state index in [2.05, 4.69) is 33.8 Å². The normalized spacial score (nSPS) is 14.2. The molecule has 0 heterocycles. The van der Waals surface area contributed by atoms with E-state index in [1.165, 1.54) is 11.1 Å². The van der Waals surface area contributed by atoms with Crippen LogP contribution in [0, 0.1) is 0 Å². The monoisotopic (exact) mass is 484 g/mol. The molecule has 1 aliphatic rings. The molecule has 0 aromatic heterocycles. The molecule has 0 bridgehead atoms. The van der Waals surface area contributed by atoms with E-state index in [4.69, 9.17) is 0 Å². The zero-order valence-electron chi connectivity index (χ0n) is 21.7. The summed E-state index contributed by atoms with van der Waals surface area (Å²) in [7, 11) is 0. The number of aryl methyl sites for hydroxylation is 1.